The highest BCUT2D eigenvalue weighted by atomic mass is 32.2. The molecule has 1 aliphatic heterocycles. The standard InChI is InChI=1S/C10H17N5O4S/c11-9(16)10-13-8(14-19-10)7-12-20(17,18)15-5-3-1-2-4-6-15/h12H,1-7H2,(H2,11,16). The lowest BCUT2D eigenvalue weighted by molar-refractivity contribution is 0.0958. The SMILES string of the molecule is NC(=O)c1nc(CNS(=O)(=O)N2CCCCCC2)no1. The topological polar surface area (TPSA) is 131 Å². The van der Waals surface area contributed by atoms with Crippen LogP contribution < -0.4 is 10.5 Å². The van der Waals surface area contributed by atoms with Gasteiger partial charge in [-0.15, -0.1) is 0 Å². The van der Waals surface area contributed by atoms with Gasteiger partial charge in [-0.1, -0.05) is 18.0 Å². The van der Waals surface area contributed by atoms with Gasteiger partial charge >= 0.3 is 11.8 Å². The third-order valence-electron chi connectivity index (χ3n) is 3.00. The first-order chi connectivity index (χ1) is 9.49. The molecule has 1 aromatic rings. The molecule has 112 valence electrons. The van der Waals surface area contributed by atoms with E-state index >= 15 is 0 Å². The molecule has 3 N–H and O–H groups in total. The number of hydrogen-bond acceptors (Lipinski definition) is 6. The van der Waals surface area contributed by atoms with Crippen LogP contribution in [-0.4, -0.2) is 41.9 Å². The van der Waals surface area contributed by atoms with Crippen LogP contribution in [0.4, 0.5) is 0 Å². The molecule has 0 saturated carbocycles. The molecular formula is C10H17N5O4S. The lowest BCUT2D eigenvalue weighted by Gasteiger charge is -2.19. The van der Waals surface area contributed by atoms with Gasteiger partial charge < -0.3 is 10.3 Å². The first-order valence-electron chi connectivity index (χ1n) is 6.36. The molecule has 1 saturated heterocycles. The maximum absolute atomic E-state index is 12.1. The molecule has 2 heterocycles. The van der Waals surface area contributed by atoms with Gasteiger partial charge in [-0.05, 0) is 12.8 Å². The third kappa shape index (κ3) is 3.74. The van der Waals surface area contributed by atoms with Crippen LogP contribution in [0.15, 0.2) is 4.52 Å². The van der Waals surface area contributed by atoms with Crippen LogP contribution in [0.1, 0.15) is 42.2 Å². The van der Waals surface area contributed by atoms with E-state index in [4.69, 9.17) is 5.73 Å². The minimum absolute atomic E-state index is 0.0668. The van der Waals surface area contributed by atoms with Crippen molar-refractivity contribution in [3.8, 4) is 0 Å². The van der Waals surface area contributed by atoms with Crippen LogP contribution in [0, 0.1) is 0 Å². The predicted octanol–water partition coefficient (Wildman–Crippen LogP) is -0.621. The molecule has 0 radical (unpaired) electrons. The summed E-state index contributed by atoms with van der Waals surface area (Å²) in [6.07, 6.45) is 3.79. The van der Waals surface area contributed by atoms with Crippen molar-refractivity contribution in [3.05, 3.63) is 11.7 Å². The first-order valence-corrected chi connectivity index (χ1v) is 7.80. The molecule has 0 aromatic carbocycles. The summed E-state index contributed by atoms with van der Waals surface area (Å²) in [5, 5.41) is 3.47. The van der Waals surface area contributed by atoms with Crippen molar-refractivity contribution in [2.24, 2.45) is 5.73 Å². The highest BCUT2D eigenvalue weighted by molar-refractivity contribution is 7.87. The molecule has 2 rings (SSSR count). The Morgan fingerprint density at radius 2 is 1.95 bits per heavy atom. The smallest absolute Gasteiger partial charge is 0.315 e. The number of carbonyl (C=O) groups excluding carboxylic acids is 1. The third-order valence-corrected chi connectivity index (χ3v) is 4.55. The second-order valence-corrected chi connectivity index (χ2v) is 6.27. The van der Waals surface area contributed by atoms with Crippen molar-refractivity contribution in [1.29, 1.82) is 0 Å². The molecule has 10 heteroatoms. The number of hydrogen-bond donors (Lipinski definition) is 2. The Labute approximate surface area is 116 Å². The Bertz CT molecular complexity index is 562. The van der Waals surface area contributed by atoms with Crippen molar-refractivity contribution in [2.75, 3.05) is 13.1 Å². The number of amides is 1. The van der Waals surface area contributed by atoms with Crippen LogP contribution in [0.25, 0.3) is 0 Å². The second kappa shape index (κ2) is 6.29. The molecule has 1 aromatic heterocycles. The summed E-state index contributed by atoms with van der Waals surface area (Å²) in [4.78, 5) is 14.5. The predicted molar refractivity (Wildman–Crippen MR) is 68.6 cm³/mol. The first kappa shape index (κ1) is 14.9. The molecule has 9 nitrogen and oxygen atoms in total. The molecular weight excluding hydrogens is 286 g/mol. The Kier molecular flexibility index (Phi) is 4.68. The Hall–Kier alpha value is -1.52. The summed E-state index contributed by atoms with van der Waals surface area (Å²) < 4.78 is 32.5. The average molecular weight is 303 g/mol. The molecule has 20 heavy (non-hydrogen) atoms. The molecule has 1 fully saturated rings. The zero-order valence-electron chi connectivity index (χ0n) is 10.9. The van der Waals surface area contributed by atoms with Gasteiger partial charge in [0.25, 0.3) is 10.2 Å². The van der Waals surface area contributed by atoms with Crippen LogP contribution in [0.2, 0.25) is 0 Å². The van der Waals surface area contributed by atoms with E-state index in [0.29, 0.717) is 13.1 Å². The lowest BCUT2D eigenvalue weighted by Crippen LogP contribution is -2.41. The molecule has 0 aliphatic carbocycles. The van der Waals surface area contributed by atoms with Gasteiger partial charge in [0.15, 0.2) is 5.82 Å². The monoisotopic (exact) mass is 303 g/mol. The summed E-state index contributed by atoms with van der Waals surface area (Å²) in [6.45, 7) is 0.873. The van der Waals surface area contributed by atoms with Gasteiger partial charge in [-0.3, -0.25) is 4.79 Å². The van der Waals surface area contributed by atoms with Crippen molar-refractivity contribution in [2.45, 2.75) is 32.2 Å². The van der Waals surface area contributed by atoms with Gasteiger partial charge in [0.05, 0.1) is 6.54 Å². The van der Waals surface area contributed by atoms with Gasteiger partial charge in [0.2, 0.25) is 0 Å². The maximum Gasteiger partial charge on any atom is 0.315 e. The Morgan fingerprint density at radius 3 is 2.50 bits per heavy atom. The summed E-state index contributed by atoms with van der Waals surface area (Å²) in [5.74, 6) is -1.12. The quantitative estimate of drug-likeness (QED) is 0.745. The zero-order valence-corrected chi connectivity index (χ0v) is 11.7. The van der Waals surface area contributed by atoms with Crippen LogP contribution >= 0.6 is 0 Å². The van der Waals surface area contributed by atoms with E-state index in [1.807, 2.05) is 0 Å². The van der Waals surface area contributed by atoms with E-state index in [2.05, 4.69) is 19.4 Å². The summed E-state index contributed by atoms with van der Waals surface area (Å²) in [6, 6.07) is 0. The number of primary amides is 1. The van der Waals surface area contributed by atoms with Crippen molar-refractivity contribution in [1.82, 2.24) is 19.2 Å². The van der Waals surface area contributed by atoms with Crippen molar-refractivity contribution < 1.29 is 17.7 Å². The second-order valence-electron chi connectivity index (χ2n) is 4.52. The van der Waals surface area contributed by atoms with E-state index in [1.165, 1.54) is 4.31 Å². The number of carbonyl (C=O) groups is 1. The maximum atomic E-state index is 12.1. The normalized spacial score (nSPS) is 17.8. The Balaban J connectivity index is 1.95. The van der Waals surface area contributed by atoms with E-state index in [0.717, 1.165) is 25.7 Å². The van der Waals surface area contributed by atoms with E-state index < -0.39 is 16.1 Å². The number of nitrogens with zero attached hydrogens (tertiary/aromatic N) is 3. The van der Waals surface area contributed by atoms with Crippen molar-refractivity contribution >= 4 is 16.1 Å². The van der Waals surface area contributed by atoms with Gasteiger partial charge in [0, 0.05) is 13.1 Å². The number of rotatable bonds is 5. The van der Waals surface area contributed by atoms with Crippen LogP contribution in [0.3, 0.4) is 0 Å². The fourth-order valence-electron chi connectivity index (χ4n) is 1.95. The summed E-state index contributed by atoms with van der Waals surface area (Å²) in [7, 11) is -3.57. The van der Waals surface area contributed by atoms with Crippen molar-refractivity contribution in [3.63, 3.8) is 0 Å². The average Bonchev–Trinajstić information content (AvgIpc) is 2.70. The molecule has 1 amide bonds. The largest absolute Gasteiger partial charge is 0.361 e. The molecule has 1 aliphatic rings. The zero-order chi connectivity index (χ0) is 14.6. The highest BCUT2D eigenvalue weighted by Crippen LogP contribution is 2.12. The lowest BCUT2D eigenvalue weighted by atomic mass is 10.2. The fraction of sp³-hybridized carbons (Fsp3) is 0.700. The van der Waals surface area contributed by atoms with Crippen LogP contribution in [-0.2, 0) is 16.8 Å². The molecule has 0 unspecified atom stereocenters. The summed E-state index contributed by atoms with van der Waals surface area (Å²) >= 11 is 0. The minimum Gasteiger partial charge on any atom is -0.361 e. The number of aromatic nitrogens is 2. The molecule has 0 bridgehead atoms. The van der Waals surface area contributed by atoms with E-state index in [-0.39, 0.29) is 18.3 Å². The van der Waals surface area contributed by atoms with Crippen LogP contribution in [0.5, 0.6) is 0 Å². The Morgan fingerprint density at radius 1 is 1.30 bits per heavy atom. The molecule has 0 atom stereocenters. The fourth-order valence-corrected chi connectivity index (χ4v) is 3.19. The number of nitrogens with two attached hydrogens (primary N) is 1. The van der Waals surface area contributed by atoms with Gasteiger partial charge in [-0.25, -0.2) is 0 Å². The van der Waals surface area contributed by atoms with E-state index in [1.54, 1.807) is 0 Å². The highest BCUT2D eigenvalue weighted by Gasteiger charge is 2.23. The molecule has 0 spiro atoms. The van der Waals surface area contributed by atoms with Gasteiger partial charge in [0.1, 0.15) is 0 Å². The minimum atomic E-state index is -3.57. The number of nitrogens with one attached hydrogen (secondary N) is 1. The summed E-state index contributed by atoms with van der Waals surface area (Å²) in [5.41, 5.74) is 4.96. The van der Waals surface area contributed by atoms with Gasteiger partial charge in [-0.2, -0.15) is 22.4 Å². The van der Waals surface area contributed by atoms with E-state index in [9.17, 15) is 13.2 Å².